The van der Waals surface area contributed by atoms with Gasteiger partial charge < -0.3 is 30.3 Å². The predicted molar refractivity (Wildman–Crippen MR) is 286 cm³/mol. The topological polar surface area (TPSA) is 138 Å². The fraction of sp³-hybridized carbons (Fsp3) is 0.197. The van der Waals surface area contributed by atoms with Gasteiger partial charge in [-0.1, -0.05) is 127 Å². The molecule has 1 fully saturated rings. The molecule has 0 saturated carbocycles. The number of alkyl halides is 3. The minimum Gasteiger partial charge on any atom is -0.448 e. The predicted octanol–water partition coefficient (Wildman–Crippen LogP) is 13.6. The zero-order valence-electron chi connectivity index (χ0n) is 41.7. The summed E-state index contributed by atoms with van der Waals surface area (Å²) < 4.78 is 69.8. The molecule has 0 bridgehead atoms. The highest BCUT2D eigenvalue weighted by molar-refractivity contribution is 6.00. The van der Waals surface area contributed by atoms with Crippen molar-refractivity contribution in [2.24, 2.45) is 0 Å². The summed E-state index contributed by atoms with van der Waals surface area (Å²) in [5.74, 6) is -3.01. The van der Waals surface area contributed by atoms with E-state index in [1.165, 1.54) is 19.2 Å². The molecule has 11 rings (SSSR count). The third-order valence-corrected chi connectivity index (χ3v) is 14.6. The van der Waals surface area contributed by atoms with Crippen LogP contribution in [0.2, 0.25) is 0 Å². The van der Waals surface area contributed by atoms with E-state index in [-0.39, 0.29) is 55.2 Å². The maximum atomic E-state index is 14.8. The second-order valence-electron chi connectivity index (χ2n) is 19.2. The molecular formula is C61H51F4N7O5. The number of nitrogens with zero attached hydrogens (tertiary/aromatic N) is 4. The molecule has 3 amide bonds. The second kappa shape index (κ2) is 21.3. The number of aromatic nitrogens is 2. The van der Waals surface area contributed by atoms with Crippen molar-refractivity contribution >= 4 is 46.9 Å². The van der Waals surface area contributed by atoms with E-state index in [0.717, 1.165) is 69.0 Å². The lowest BCUT2D eigenvalue weighted by Gasteiger charge is -2.33. The lowest BCUT2D eigenvalue weighted by atomic mass is 9.90. The first-order chi connectivity index (χ1) is 37.4. The molecule has 16 heteroatoms. The van der Waals surface area contributed by atoms with E-state index >= 15 is 0 Å². The number of fused-ring (bicyclic) bond motifs is 6. The van der Waals surface area contributed by atoms with Gasteiger partial charge in [0.1, 0.15) is 30.4 Å². The van der Waals surface area contributed by atoms with Crippen molar-refractivity contribution < 1.29 is 41.4 Å². The van der Waals surface area contributed by atoms with Gasteiger partial charge in [0.2, 0.25) is 5.95 Å². The Balaban J connectivity index is 0.827. The third kappa shape index (κ3) is 10.3. The van der Waals surface area contributed by atoms with Crippen LogP contribution in [0.3, 0.4) is 0 Å². The number of hydrogen-bond acceptors (Lipinski definition) is 9. The number of piperidine rings is 1. The van der Waals surface area contributed by atoms with Crippen LogP contribution in [0.1, 0.15) is 79.9 Å². The number of nitrogens with one attached hydrogen (secondary N) is 3. The van der Waals surface area contributed by atoms with Gasteiger partial charge >= 0.3 is 18.4 Å². The van der Waals surface area contributed by atoms with Crippen LogP contribution < -0.4 is 20.9 Å². The van der Waals surface area contributed by atoms with Crippen LogP contribution in [0.4, 0.5) is 56.0 Å². The number of carbonyl (C=O) groups excluding carboxylic acids is 3. The molecule has 388 valence electrons. The Morgan fingerprint density at radius 2 is 1.29 bits per heavy atom. The highest BCUT2D eigenvalue weighted by Gasteiger charge is 2.37. The first-order valence-corrected chi connectivity index (χ1v) is 25.3. The van der Waals surface area contributed by atoms with Crippen molar-refractivity contribution in [2.75, 3.05) is 48.9 Å². The van der Waals surface area contributed by atoms with Crippen LogP contribution in [0.5, 0.6) is 0 Å². The Hall–Kier alpha value is -9.05. The van der Waals surface area contributed by atoms with Gasteiger partial charge in [0.25, 0.3) is 5.91 Å². The summed E-state index contributed by atoms with van der Waals surface area (Å²) >= 11 is 0. The number of benzene rings is 7. The van der Waals surface area contributed by atoms with Crippen molar-refractivity contribution in [3.63, 3.8) is 0 Å². The zero-order chi connectivity index (χ0) is 53.2. The highest BCUT2D eigenvalue weighted by atomic mass is 19.4. The van der Waals surface area contributed by atoms with Crippen LogP contribution in [-0.2, 0) is 22.2 Å². The normalized spacial score (nSPS) is 14.7. The molecule has 2 aliphatic carbocycles. The summed E-state index contributed by atoms with van der Waals surface area (Å²) in [6.45, 7) is 1.36. The number of anilines is 5. The molecule has 1 saturated heterocycles. The van der Waals surface area contributed by atoms with Crippen LogP contribution in [0.25, 0.3) is 22.3 Å². The minimum absolute atomic E-state index is 0.0474. The minimum atomic E-state index is -4.90. The summed E-state index contributed by atoms with van der Waals surface area (Å²) in [4.78, 5) is 52.3. The molecule has 0 spiro atoms. The number of carbonyl (C=O) groups is 3. The summed E-state index contributed by atoms with van der Waals surface area (Å²) in [6, 6.07) is 50.8. The number of rotatable bonds is 13. The van der Waals surface area contributed by atoms with Crippen LogP contribution in [0.15, 0.2) is 170 Å². The van der Waals surface area contributed by atoms with Crippen LogP contribution >= 0.6 is 0 Å². The van der Waals surface area contributed by atoms with Gasteiger partial charge in [-0.05, 0) is 105 Å². The maximum Gasteiger partial charge on any atom is 0.421 e. The first-order valence-electron chi connectivity index (χ1n) is 25.3. The molecule has 1 atom stereocenters. The summed E-state index contributed by atoms with van der Waals surface area (Å²) in [5, 5.41) is 7.72. The second-order valence-corrected chi connectivity index (χ2v) is 19.2. The quantitative estimate of drug-likeness (QED) is 0.0964. The molecule has 1 unspecified atom stereocenters. The largest absolute Gasteiger partial charge is 0.448 e. The average molecular weight is 1040 g/mol. The van der Waals surface area contributed by atoms with Gasteiger partial charge in [-0.15, -0.1) is 0 Å². The van der Waals surface area contributed by atoms with Gasteiger partial charge in [0.15, 0.2) is 0 Å². The number of hydrogen-bond donors (Lipinski definition) is 3. The van der Waals surface area contributed by atoms with E-state index in [2.05, 4.69) is 74.4 Å². The molecule has 0 radical (unpaired) electrons. The zero-order valence-corrected chi connectivity index (χ0v) is 41.7. The SMILES string of the molecule is CNC(=O)c1c(F)cccc1Nc1nc(Nc2ccc(CN(C(=O)OCC3c4ccccc4-c4ccccc43)c3cccc(C4CCCN(C(=O)OCC5c6ccccc6-c6ccccc65)C4)c3)cc2)ncc1C(F)(F)F. The number of halogens is 4. The van der Waals surface area contributed by atoms with Gasteiger partial charge in [0.05, 0.1) is 17.8 Å². The Labute approximate surface area is 441 Å². The van der Waals surface area contributed by atoms with E-state index in [4.69, 9.17) is 9.47 Å². The van der Waals surface area contributed by atoms with E-state index in [1.807, 2.05) is 72.8 Å². The molecule has 3 aliphatic rings. The maximum absolute atomic E-state index is 14.8. The van der Waals surface area contributed by atoms with Crippen molar-refractivity contribution in [1.82, 2.24) is 20.2 Å². The third-order valence-electron chi connectivity index (χ3n) is 14.6. The number of amides is 3. The van der Waals surface area contributed by atoms with E-state index in [0.29, 0.717) is 36.2 Å². The van der Waals surface area contributed by atoms with E-state index in [1.54, 1.807) is 34.1 Å². The fourth-order valence-electron chi connectivity index (χ4n) is 10.8. The van der Waals surface area contributed by atoms with Crippen molar-refractivity contribution in [1.29, 1.82) is 0 Å². The Morgan fingerprint density at radius 1 is 0.701 bits per heavy atom. The fourth-order valence-corrected chi connectivity index (χ4v) is 10.8. The monoisotopic (exact) mass is 1040 g/mol. The van der Waals surface area contributed by atoms with E-state index in [9.17, 15) is 31.9 Å². The molecule has 2 heterocycles. The lowest BCUT2D eigenvalue weighted by Crippen LogP contribution is -2.40. The van der Waals surface area contributed by atoms with Gasteiger partial charge in [-0.2, -0.15) is 18.2 Å². The Bertz CT molecular complexity index is 3450. The smallest absolute Gasteiger partial charge is 0.421 e. The molecule has 12 nitrogen and oxygen atoms in total. The molecule has 1 aliphatic heterocycles. The number of likely N-dealkylation sites (tertiary alicyclic amines) is 1. The van der Waals surface area contributed by atoms with Gasteiger partial charge in [-0.25, -0.2) is 19.0 Å². The van der Waals surface area contributed by atoms with Gasteiger partial charge in [-0.3, -0.25) is 9.69 Å². The lowest BCUT2D eigenvalue weighted by molar-refractivity contribution is -0.137. The molecule has 3 N–H and O–H groups in total. The van der Waals surface area contributed by atoms with Crippen molar-refractivity contribution in [3.05, 3.63) is 220 Å². The molecule has 8 aromatic rings. The summed E-state index contributed by atoms with van der Waals surface area (Å²) in [5.41, 5.74) is 9.59. The molecule has 1 aromatic heterocycles. The summed E-state index contributed by atoms with van der Waals surface area (Å²) in [6.07, 6.45) is -3.67. The van der Waals surface area contributed by atoms with Crippen molar-refractivity contribution in [2.45, 2.75) is 43.3 Å². The Kier molecular flexibility index (Phi) is 13.9. The first kappa shape index (κ1) is 50.1. The highest BCUT2D eigenvalue weighted by Crippen LogP contribution is 2.46. The van der Waals surface area contributed by atoms with Crippen LogP contribution in [0, 0.1) is 5.82 Å². The van der Waals surface area contributed by atoms with Crippen LogP contribution in [-0.4, -0.2) is 66.3 Å². The summed E-state index contributed by atoms with van der Waals surface area (Å²) in [7, 11) is 1.28. The number of ether oxygens (including phenoxy) is 2. The molecule has 7 aromatic carbocycles. The standard InChI is InChI=1S/C61H51F4N7O5/c1-66-57(73)55-53(62)24-11-25-54(55)69-56-52(61(63,64)65)32-67-58(70-56)68-40-28-26-37(27-29-40)33-72(60(75)77-36-51-48-22-8-4-18-44(48)45-19-5-9-23-49(45)51)41-15-10-13-38(31-41)39-14-12-30-71(34-39)59(74)76-35-50-46-20-6-2-16-42(46)43-17-3-7-21-47(43)50/h2-11,13,15-29,31-32,39,50-51H,12,14,30,33-36H2,1H3,(H,66,73)(H2,67,68,69,70). The average Bonchev–Trinajstić information content (AvgIpc) is 4.06. The molecular weight excluding hydrogens is 987 g/mol. The van der Waals surface area contributed by atoms with Crippen molar-refractivity contribution in [3.8, 4) is 22.3 Å². The molecule has 77 heavy (non-hydrogen) atoms. The van der Waals surface area contributed by atoms with Gasteiger partial charge in [0, 0.05) is 55.5 Å². The Morgan fingerprint density at radius 3 is 1.88 bits per heavy atom. The van der Waals surface area contributed by atoms with E-state index < -0.39 is 40.9 Å².